The van der Waals surface area contributed by atoms with Crippen molar-refractivity contribution in [1.29, 1.82) is 0 Å². The summed E-state index contributed by atoms with van der Waals surface area (Å²) in [4.78, 5) is 23.6. The van der Waals surface area contributed by atoms with Gasteiger partial charge < -0.3 is 9.64 Å². The number of amides is 1. The number of hydrogen-bond donors (Lipinski definition) is 0. The predicted octanol–water partition coefficient (Wildman–Crippen LogP) is 0.421. The third-order valence-corrected chi connectivity index (χ3v) is 1.56. The number of hydrogen-bond acceptors (Lipinski definition) is 3. The summed E-state index contributed by atoms with van der Waals surface area (Å²) in [6.45, 7) is 4.00. The highest BCUT2D eigenvalue weighted by atomic mass is 16.5. The zero-order valence-electron chi connectivity index (χ0n) is 8.79. The van der Waals surface area contributed by atoms with E-state index < -0.39 is 5.97 Å². The largest absolute Gasteiger partial charge is 0.468 e. The van der Waals surface area contributed by atoms with E-state index in [1.54, 1.807) is 6.92 Å². The Hall–Kier alpha value is -1.50. The Balaban J connectivity index is 4.32. The molecule has 0 aliphatic carbocycles. The predicted molar refractivity (Wildman–Crippen MR) is 52.3 cm³/mol. The lowest BCUT2D eigenvalue weighted by Crippen LogP contribution is -2.35. The van der Waals surface area contributed by atoms with Gasteiger partial charge in [-0.25, -0.2) is 0 Å². The maximum Gasteiger partial charge on any atom is 0.325 e. The van der Waals surface area contributed by atoms with Gasteiger partial charge >= 0.3 is 5.97 Å². The van der Waals surface area contributed by atoms with Gasteiger partial charge in [-0.1, -0.05) is 12.8 Å². The summed E-state index contributed by atoms with van der Waals surface area (Å²) in [6.07, 6.45) is 0.786. The minimum absolute atomic E-state index is 0.0299. The lowest BCUT2D eigenvalue weighted by molar-refractivity contribution is -0.145. The second-order valence-corrected chi connectivity index (χ2v) is 2.68. The Labute approximate surface area is 84.2 Å². The highest BCUT2D eigenvalue weighted by Gasteiger charge is 2.14. The smallest absolute Gasteiger partial charge is 0.325 e. The van der Waals surface area contributed by atoms with Gasteiger partial charge in [-0.15, -0.1) is 0 Å². The molecule has 1 amide bonds. The molecule has 0 unspecified atom stereocenters. The quantitative estimate of drug-likeness (QED) is 0.484. The molecule has 0 aromatic heterocycles. The Morgan fingerprint density at radius 3 is 2.50 bits per heavy atom. The molecule has 0 aromatic carbocycles. The molecule has 0 bridgehead atoms. The third kappa shape index (κ3) is 4.51. The van der Waals surface area contributed by atoms with Gasteiger partial charge in [0.15, 0.2) is 0 Å². The number of methoxy groups -OCH3 is 1. The van der Waals surface area contributed by atoms with Crippen LogP contribution in [0, 0.1) is 11.8 Å². The van der Waals surface area contributed by atoms with Gasteiger partial charge in [-0.05, 0) is 19.3 Å². The van der Waals surface area contributed by atoms with Crippen LogP contribution >= 0.6 is 0 Å². The molecule has 0 aromatic rings. The van der Waals surface area contributed by atoms with Gasteiger partial charge in [0.05, 0.1) is 7.11 Å². The van der Waals surface area contributed by atoms with Crippen LogP contribution in [0.25, 0.3) is 0 Å². The van der Waals surface area contributed by atoms with Gasteiger partial charge in [0.1, 0.15) is 6.54 Å². The average Bonchev–Trinajstić information content (AvgIpc) is 2.17. The first kappa shape index (κ1) is 12.5. The van der Waals surface area contributed by atoms with E-state index in [4.69, 9.17) is 0 Å². The van der Waals surface area contributed by atoms with E-state index in [1.165, 1.54) is 12.0 Å². The normalized spacial score (nSPS) is 8.50. The van der Waals surface area contributed by atoms with E-state index in [2.05, 4.69) is 16.6 Å². The van der Waals surface area contributed by atoms with Crippen molar-refractivity contribution >= 4 is 11.9 Å². The molecule has 14 heavy (non-hydrogen) atoms. The topological polar surface area (TPSA) is 46.6 Å². The zero-order valence-corrected chi connectivity index (χ0v) is 8.79. The summed E-state index contributed by atoms with van der Waals surface area (Å²) in [5, 5.41) is 0. The monoisotopic (exact) mass is 197 g/mol. The van der Waals surface area contributed by atoms with Crippen LogP contribution in [-0.2, 0) is 14.3 Å². The molecule has 0 aliphatic heterocycles. The Kier molecular flexibility index (Phi) is 6.21. The number of rotatable bonds is 4. The van der Waals surface area contributed by atoms with E-state index in [1.807, 2.05) is 6.92 Å². The van der Waals surface area contributed by atoms with Crippen LogP contribution in [0.5, 0.6) is 0 Å². The first-order valence-electron chi connectivity index (χ1n) is 4.44. The standard InChI is InChI=1S/C10H15NO3/c1-4-6-9(12)11(7-5-2)8-10(13)14-3/h5,7-8H2,1-3H3. The van der Waals surface area contributed by atoms with Crippen LogP contribution in [0.15, 0.2) is 0 Å². The van der Waals surface area contributed by atoms with Gasteiger partial charge in [-0.2, -0.15) is 0 Å². The molecule has 78 valence electrons. The number of esters is 1. The third-order valence-electron chi connectivity index (χ3n) is 1.56. The molecular formula is C10H15NO3. The van der Waals surface area contributed by atoms with Gasteiger partial charge in [0, 0.05) is 6.54 Å². The number of carbonyl (C=O) groups is 2. The van der Waals surface area contributed by atoms with Crippen molar-refractivity contribution in [2.75, 3.05) is 20.2 Å². The van der Waals surface area contributed by atoms with Crippen LogP contribution in [-0.4, -0.2) is 37.0 Å². The van der Waals surface area contributed by atoms with Crippen LogP contribution in [0.2, 0.25) is 0 Å². The van der Waals surface area contributed by atoms with Gasteiger partial charge in [-0.3, -0.25) is 9.59 Å². The van der Waals surface area contributed by atoms with E-state index in [-0.39, 0.29) is 12.5 Å². The zero-order chi connectivity index (χ0) is 11.0. The summed E-state index contributed by atoms with van der Waals surface area (Å²) >= 11 is 0. The van der Waals surface area contributed by atoms with E-state index in [0.29, 0.717) is 6.54 Å². The number of nitrogens with zero attached hydrogens (tertiary/aromatic N) is 1. The molecule has 0 aliphatic rings. The lowest BCUT2D eigenvalue weighted by atomic mass is 10.3. The number of ether oxygens (including phenoxy) is 1. The summed E-state index contributed by atoms with van der Waals surface area (Å²) in [6, 6.07) is 0. The van der Waals surface area contributed by atoms with Crippen molar-refractivity contribution in [1.82, 2.24) is 4.90 Å². The summed E-state index contributed by atoms with van der Waals surface area (Å²) in [5.74, 6) is 4.13. The highest BCUT2D eigenvalue weighted by molar-refractivity contribution is 5.95. The molecule has 0 radical (unpaired) electrons. The fourth-order valence-corrected chi connectivity index (χ4v) is 0.929. The van der Waals surface area contributed by atoms with E-state index >= 15 is 0 Å². The second kappa shape index (κ2) is 6.96. The molecule has 0 saturated heterocycles. The minimum Gasteiger partial charge on any atom is -0.468 e. The molecule has 0 atom stereocenters. The molecule has 4 nitrogen and oxygen atoms in total. The number of carbonyl (C=O) groups excluding carboxylic acids is 2. The van der Waals surface area contributed by atoms with Crippen LogP contribution in [0.3, 0.4) is 0 Å². The fourth-order valence-electron chi connectivity index (χ4n) is 0.929. The van der Waals surface area contributed by atoms with E-state index in [0.717, 1.165) is 6.42 Å². The van der Waals surface area contributed by atoms with Crippen molar-refractivity contribution in [3.63, 3.8) is 0 Å². The molecule has 0 heterocycles. The van der Waals surface area contributed by atoms with Crippen LogP contribution < -0.4 is 0 Å². The van der Waals surface area contributed by atoms with Crippen molar-refractivity contribution in [3.05, 3.63) is 0 Å². The summed E-state index contributed by atoms with van der Waals surface area (Å²) in [5.41, 5.74) is 0. The van der Waals surface area contributed by atoms with Crippen molar-refractivity contribution in [3.8, 4) is 11.8 Å². The first-order valence-corrected chi connectivity index (χ1v) is 4.44. The first-order chi connectivity index (χ1) is 6.65. The summed E-state index contributed by atoms with van der Waals surface area (Å²) in [7, 11) is 1.29. The molecule has 0 spiro atoms. The Morgan fingerprint density at radius 1 is 1.43 bits per heavy atom. The minimum atomic E-state index is -0.426. The second-order valence-electron chi connectivity index (χ2n) is 2.68. The SMILES string of the molecule is CC#CC(=O)N(CCC)CC(=O)OC. The maximum atomic E-state index is 11.3. The van der Waals surface area contributed by atoms with Crippen LogP contribution in [0.1, 0.15) is 20.3 Å². The Morgan fingerprint density at radius 2 is 2.07 bits per heavy atom. The van der Waals surface area contributed by atoms with E-state index in [9.17, 15) is 9.59 Å². The molecule has 4 heteroatoms. The van der Waals surface area contributed by atoms with Crippen molar-refractivity contribution in [2.24, 2.45) is 0 Å². The maximum absolute atomic E-state index is 11.3. The lowest BCUT2D eigenvalue weighted by Gasteiger charge is -2.17. The molecule has 0 saturated carbocycles. The highest BCUT2D eigenvalue weighted by Crippen LogP contribution is 1.93. The average molecular weight is 197 g/mol. The fraction of sp³-hybridized carbons (Fsp3) is 0.600. The molecule has 0 fully saturated rings. The van der Waals surface area contributed by atoms with Crippen molar-refractivity contribution in [2.45, 2.75) is 20.3 Å². The van der Waals surface area contributed by atoms with Crippen LogP contribution in [0.4, 0.5) is 0 Å². The molecule has 0 rings (SSSR count). The van der Waals surface area contributed by atoms with Gasteiger partial charge in [0.2, 0.25) is 0 Å². The summed E-state index contributed by atoms with van der Waals surface area (Å²) < 4.78 is 4.47. The molecular weight excluding hydrogens is 182 g/mol. The van der Waals surface area contributed by atoms with Crippen molar-refractivity contribution < 1.29 is 14.3 Å². The molecule has 0 N–H and O–H groups in total. The Bertz CT molecular complexity index is 262. The van der Waals surface area contributed by atoms with Gasteiger partial charge in [0.25, 0.3) is 5.91 Å².